The highest BCUT2D eigenvalue weighted by molar-refractivity contribution is 7.80. The molecule has 0 unspecified atom stereocenters. The van der Waals surface area contributed by atoms with E-state index in [1.807, 2.05) is 13.0 Å². The largest absolute Gasteiger partial charge is 0.385 e. The van der Waals surface area contributed by atoms with E-state index in [1.54, 1.807) is 7.11 Å². The maximum Gasteiger partial charge on any atom is 0.253 e. The van der Waals surface area contributed by atoms with Crippen LogP contribution in [-0.2, 0) is 16.0 Å². The SMILES string of the molecule is COCCCNC(=S)N(CCN1CCOCC1)Cc1cc2ccc(C)c(C)c2[nH]c1=O. The number of rotatable bonds is 9. The van der Waals surface area contributed by atoms with Crippen molar-refractivity contribution in [1.29, 1.82) is 0 Å². The first-order valence-corrected chi connectivity index (χ1v) is 11.3. The van der Waals surface area contributed by atoms with Gasteiger partial charge in [0.1, 0.15) is 0 Å². The van der Waals surface area contributed by atoms with Crippen molar-refractivity contribution in [2.24, 2.45) is 0 Å². The van der Waals surface area contributed by atoms with Crippen molar-refractivity contribution in [3.05, 3.63) is 45.2 Å². The monoisotopic (exact) mass is 446 g/mol. The van der Waals surface area contributed by atoms with Gasteiger partial charge in [-0.2, -0.15) is 0 Å². The lowest BCUT2D eigenvalue weighted by Crippen LogP contribution is -2.46. The molecular formula is C23H34N4O3S. The third-order valence-corrected chi connectivity index (χ3v) is 6.27. The molecule has 1 aromatic heterocycles. The van der Waals surface area contributed by atoms with E-state index in [9.17, 15) is 4.79 Å². The van der Waals surface area contributed by atoms with Gasteiger partial charge in [0.05, 0.1) is 25.3 Å². The fourth-order valence-corrected chi connectivity index (χ4v) is 4.01. The number of hydrogen-bond acceptors (Lipinski definition) is 5. The molecule has 1 aromatic carbocycles. The molecule has 1 saturated heterocycles. The van der Waals surface area contributed by atoms with Crippen LogP contribution in [0.1, 0.15) is 23.1 Å². The van der Waals surface area contributed by atoms with Crippen molar-refractivity contribution in [1.82, 2.24) is 20.1 Å². The fraction of sp³-hybridized carbons (Fsp3) is 0.565. The normalized spacial score (nSPS) is 14.7. The van der Waals surface area contributed by atoms with E-state index in [0.29, 0.717) is 18.3 Å². The zero-order valence-corrected chi connectivity index (χ0v) is 19.6. The summed E-state index contributed by atoms with van der Waals surface area (Å²) in [6.45, 7) is 11.0. The zero-order valence-electron chi connectivity index (χ0n) is 18.8. The Balaban J connectivity index is 1.75. The van der Waals surface area contributed by atoms with Crippen LogP contribution in [-0.4, -0.2) is 79.6 Å². The zero-order chi connectivity index (χ0) is 22.2. The Morgan fingerprint density at radius 1 is 1.32 bits per heavy atom. The molecular weight excluding hydrogens is 412 g/mol. The lowest BCUT2D eigenvalue weighted by molar-refractivity contribution is 0.0357. The van der Waals surface area contributed by atoms with Crippen molar-refractivity contribution >= 4 is 28.2 Å². The molecule has 0 aliphatic carbocycles. The molecule has 170 valence electrons. The lowest BCUT2D eigenvalue weighted by atomic mass is 10.0. The second-order valence-electron chi connectivity index (χ2n) is 8.05. The predicted molar refractivity (Wildman–Crippen MR) is 129 cm³/mol. The van der Waals surface area contributed by atoms with Gasteiger partial charge < -0.3 is 24.7 Å². The molecule has 1 aliphatic heterocycles. The summed E-state index contributed by atoms with van der Waals surface area (Å²) in [5.41, 5.74) is 3.86. The van der Waals surface area contributed by atoms with E-state index in [4.69, 9.17) is 21.7 Å². The number of thiocarbonyl (C=S) groups is 1. The molecule has 0 saturated carbocycles. The Kier molecular flexibility index (Phi) is 8.83. The first-order chi connectivity index (χ1) is 15.0. The quantitative estimate of drug-likeness (QED) is 0.452. The maximum atomic E-state index is 12.9. The number of benzene rings is 1. The number of aromatic amines is 1. The van der Waals surface area contributed by atoms with Crippen LogP contribution in [0.5, 0.6) is 0 Å². The summed E-state index contributed by atoms with van der Waals surface area (Å²) < 4.78 is 10.6. The number of morpholine rings is 1. The van der Waals surface area contributed by atoms with Gasteiger partial charge in [-0.05, 0) is 55.1 Å². The van der Waals surface area contributed by atoms with E-state index < -0.39 is 0 Å². The third-order valence-electron chi connectivity index (χ3n) is 5.87. The molecule has 31 heavy (non-hydrogen) atoms. The Morgan fingerprint density at radius 3 is 2.84 bits per heavy atom. The van der Waals surface area contributed by atoms with Crippen molar-refractivity contribution < 1.29 is 9.47 Å². The first kappa shape index (κ1) is 23.7. The van der Waals surface area contributed by atoms with Crippen LogP contribution in [0.4, 0.5) is 0 Å². The van der Waals surface area contributed by atoms with Crippen molar-refractivity contribution in [3.8, 4) is 0 Å². The highest BCUT2D eigenvalue weighted by atomic mass is 32.1. The number of hydrogen-bond donors (Lipinski definition) is 2. The summed E-state index contributed by atoms with van der Waals surface area (Å²) >= 11 is 5.69. The standard InChI is InChI=1S/C23H34N4O3S/c1-17-5-6-19-15-20(22(28)25-21(19)18(17)2)16-27(23(31)24-7-4-12-29-3)9-8-26-10-13-30-14-11-26/h5-6,15H,4,7-14,16H2,1-3H3,(H,24,31)(H,25,28). The topological polar surface area (TPSA) is 69.8 Å². The average molecular weight is 447 g/mol. The smallest absolute Gasteiger partial charge is 0.253 e. The van der Waals surface area contributed by atoms with Crippen LogP contribution in [0.25, 0.3) is 10.9 Å². The van der Waals surface area contributed by atoms with E-state index >= 15 is 0 Å². The van der Waals surface area contributed by atoms with Gasteiger partial charge in [0.25, 0.3) is 5.56 Å². The molecule has 2 heterocycles. The number of fused-ring (bicyclic) bond motifs is 1. The Labute approximate surface area is 189 Å². The molecule has 2 aromatic rings. The second-order valence-corrected chi connectivity index (χ2v) is 8.44. The Hall–Kier alpha value is -2.00. The molecule has 0 atom stereocenters. The number of aryl methyl sites for hydroxylation is 2. The van der Waals surface area contributed by atoms with Crippen molar-refractivity contribution in [2.75, 3.05) is 59.7 Å². The van der Waals surface area contributed by atoms with Crippen LogP contribution in [0.2, 0.25) is 0 Å². The summed E-state index contributed by atoms with van der Waals surface area (Å²) in [6, 6.07) is 6.16. The van der Waals surface area contributed by atoms with E-state index in [0.717, 1.165) is 74.4 Å². The molecule has 0 amide bonds. The van der Waals surface area contributed by atoms with Crippen LogP contribution >= 0.6 is 12.2 Å². The second kappa shape index (κ2) is 11.6. The van der Waals surface area contributed by atoms with Crippen LogP contribution < -0.4 is 10.9 Å². The number of ether oxygens (including phenoxy) is 2. The molecule has 1 aliphatic rings. The summed E-state index contributed by atoms with van der Waals surface area (Å²) in [7, 11) is 1.70. The van der Waals surface area contributed by atoms with Gasteiger partial charge in [0, 0.05) is 52.0 Å². The minimum atomic E-state index is -0.0558. The van der Waals surface area contributed by atoms with E-state index in [-0.39, 0.29) is 5.56 Å². The van der Waals surface area contributed by atoms with Crippen LogP contribution in [0.3, 0.4) is 0 Å². The van der Waals surface area contributed by atoms with Gasteiger partial charge in [-0.3, -0.25) is 9.69 Å². The molecule has 2 N–H and O–H groups in total. The first-order valence-electron chi connectivity index (χ1n) is 10.9. The molecule has 0 spiro atoms. The predicted octanol–water partition coefficient (Wildman–Crippen LogP) is 2.19. The fourth-order valence-electron chi connectivity index (χ4n) is 3.76. The summed E-state index contributed by atoms with van der Waals surface area (Å²) in [4.78, 5) is 20.4. The minimum absolute atomic E-state index is 0.0558. The number of aromatic nitrogens is 1. The molecule has 1 fully saturated rings. The Morgan fingerprint density at radius 2 is 2.10 bits per heavy atom. The molecule has 0 bridgehead atoms. The lowest BCUT2D eigenvalue weighted by Gasteiger charge is -2.31. The van der Waals surface area contributed by atoms with Crippen molar-refractivity contribution in [3.63, 3.8) is 0 Å². The number of pyridine rings is 1. The van der Waals surface area contributed by atoms with Crippen LogP contribution in [0.15, 0.2) is 23.0 Å². The van der Waals surface area contributed by atoms with Crippen LogP contribution in [0, 0.1) is 13.8 Å². The molecule has 8 heteroatoms. The minimum Gasteiger partial charge on any atom is -0.385 e. The van der Waals surface area contributed by atoms with E-state index in [1.165, 1.54) is 5.56 Å². The van der Waals surface area contributed by atoms with Gasteiger partial charge in [-0.15, -0.1) is 0 Å². The highest BCUT2D eigenvalue weighted by Gasteiger charge is 2.17. The molecule has 0 radical (unpaired) electrons. The third kappa shape index (κ3) is 6.49. The van der Waals surface area contributed by atoms with Gasteiger partial charge in [-0.1, -0.05) is 12.1 Å². The summed E-state index contributed by atoms with van der Waals surface area (Å²) in [6.07, 6.45) is 0.878. The average Bonchev–Trinajstić information content (AvgIpc) is 2.78. The van der Waals surface area contributed by atoms with Gasteiger partial charge >= 0.3 is 0 Å². The number of nitrogens with one attached hydrogen (secondary N) is 2. The highest BCUT2D eigenvalue weighted by Crippen LogP contribution is 2.19. The Bertz CT molecular complexity index is 940. The number of methoxy groups -OCH3 is 1. The van der Waals surface area contributed by atoms with Gasteiger partial charge in [-0.25, -0.2) is 0 Å². The van der Waals surface area contributed by atoms with Gasteiger partial charge in [0.2, 0.25) is 0 Å². The summed E-state index contributed by atoms with van der Waals surface area (Å²) in [5.74, 6) is 0. The number of nitrogens with zero attached hydrogens (tertiary/aromatic N) is 2. The van der Waals surface area contributed by atoms with Gasteiger partial charge in [0.15, 0.2) is 5.11 Å². The van der Waals surface area contributed by atoms with E-state index in [2.05, 4.69) is 39.2 Å². The maximum absolute atomic E-state index is 12.9. The van der Waals surface area contributed by atoms with Crippen molar-refractivity contribution in [2.45, 2.75) is 26.8 Å². The molecule has 7 nitrogen and oxygen atoms in total. The number of H-pyrrole nitrogens is 1. The summed E-state index contributed by atoms with van der Waals surface area (Å²) in [5, 5.41) is 5.04. The molecule has 3 rings (SSSR count).